The van der Waals surface area contributed by atoms with Crippen LogP contribution in [0, 0.1) is 0 Å². The highest BCUT2D eigenvalue weighted by Gasteiger charge is 2.27. The zero-order valence-corrected chi connectivity index (χ0v) is 20.3. The van der Waals surface area contributed by atoms with Gasteiger partial charge in [0, 0.05) is 18.8 Å². The van der Waals surface area contributed by atoms with E-state index in [9.17, 15) is 18.0 Å². The van der Waals surface area contributed by atoms with E-state index in [4.69, 9.17) is 9.47 Å². The molecule has 1 aliphatic rings. The van der Waals surface area contributed by atoms with Gasteiger partial charge in [-0.15, -0.1) is 0 Å². The summed E-state index contributed by atoms with van der Waals surface area (Å²) >= 11 is 0. The maximum atomic E-state index is 13.1. The van der Waals surface area contributed by atoms with Crippen LogP contribution in [0.4, 0.5) is 5.69 Å². The minimum absolute atomic E-state index is 0.0270. The Morgan fingerprint density at radius 1 is 1.00 bits per heavy atom. The molecule has 34 heavy (non-hydrogen) atoms. The Bertz CT molecular complexity index is 1090. The fourth-order valence-electron chi connectivity index (χ4n) is 3.72. The SMILES string of the molecule is CCOc1ccc(NC(=O)CNC(=O)c2cc(S(=O)(=O)N3CCCCCC3)ccc2OC)cc1. The van der Waals surface area contributed by atoms with Crippen molar-refractivity contribution in [3.05, 3.63) is 48.0 Å². The molecule has 0 aliphatic carbocycles. The van der Waals surface area contributed by atoms with Crippen LogP contribution in [0.1, 0.15) is 43.0 Å². The summed E-state index contributed by atoms with van der Waals surface area (Å²) in [4.78, 5) is 25.1. The van der Waals surface area contributed by atoms with Crippen molar-refractivity contribution in [1.82, 2.24) is 9.62 Å². The summed E-state index contributed by atoms with van der Waals surface area (Å²) in [6.07, 6.45) is 3.63. The summed E-state index contributed by atoms with van der Waals surface area (Å²) in [5.74, 6) is -0.119. The molecule has 9 nitrogen and oxygen atoms in total. The standard InChI is InChI=1S/C24H31N3O6S/c1-3-33-19-10-8-18(9-11-19)26-23(28)17-25-24(29)21-16-20(12-13-22(21)32-2)34(30,31)27-14-6-4-5-7-15-27/h8-13,16H,3-7,14-15,17H2,1-2H3,(H,25,29)(H,26,28). The van der Waals surface area contributed by atoms with Crippen molar-refractivity contribution in [1.29, 1.82) is 0 Å². The van der Waals surface area contributed by atoms with Gasteiger partial charge in [0.25, 0.3) is 5.91 Å². The highest BCUT2D eigenvalue weighted by atomic mass is 32.2. The third kappa shape index (κ3) is 6.48. The molecule has 0 aromatic heterocycles. The number of hydrogen-bond acceptors (Lipinski definition) is 6. The Morgan fingerprint density at radius 2 is 1.68 bits per heavy atom. The van der Waals surface area contributed by atoms with Crippen molar-refractivity contribution in [3.63, 3.8) is 0 Å². The van der Waals surface area contributed by atoms with E-state index in [2.05, 4.69) is 10.6 Å². The maximum Gasteiger partial charge on any atom is 0.255 e. The lowest BCUT2D eigenvalue weighted by atomic mass is 10.2. The van der Waals surface area contributed by atoms with Gasteiger partial charge in [0.15, 0.2) is 0 Å². The Labute approximate surface area is 200 Å². The van der Waals surface area contributed by atoms with Crippen LogP contribution in [0.3, 0.4) is 0 Å². The van der Waals surface area contributed by atoms with Crippen LogP contribution in [0.2, 0.25) is 0 Å². The van der Waals surface area contributed by atoms with Crippen molar-refractivity contribution in [2.45, 2.75) is 37.5 Å². The topological polar surface area (TPSA) is 114 Å². The van der Waals surface area contributed by atoms with Crippen LogP contribution >= 0.6 is 0 Å². The van der Waals surface area contributed by atoms with Crippen LogP contribution in [0.5, 0.6) is 11.5 Å². The molecule has 2 aromatic rings. The number of sulfonamides is 1. The van der Waals surface area contributed by atoms with Crippen LogP contribution in [0.25, 0.3) is 0 Å². The predicted octanol–water partition coefficient (Wildman–Crippen LogP) is 3.03. The molecular formula is C24H31N3O6S. The van der Waals surface area contributed by atoms with E-state index in [0.29, 0.717) is 31.1 Å². The number of anilines is 1. The average molecular weight is 490 g/mol. The molecule has 0 bridgehead atoms. The van der Waals surface area contributed by atoms with Gasteiger partial charge in [-0.05, 0) is 62.2 Å². The molecule has 0 unspecified atom stereocenters. The minimum atomic E-state index is -3.74. The Hall–Kier alpha value is -3.11. The molecule has 2 aromatic carbocycles. The molecule has 10 heteroatoms. The number of carbonyl (C=O) groups is 2. The lowest BCUT2D eigenvalue weighted by Gasteiger charge is -2.20. The molecule has 3 rings (SSSR count). The molecular weight excluding hydrogens is 458 g/mol. The van der Waals surface area contributed by atoms with Crippen molar-refractivity contribution < 1.29 is 27.5 Å². The van der Waals surface area contributed by atoms with Gasteiger partial charge < -0.3 is 20.1 Å². The number of carbonyl (C=O) groups excluding carboxylic acids is 2. The molecule has 1 heterocycles. The Balaban J connectivity index is 1.68. The number of nitrogens with zero attached hydrogens (tertiary/aromatic N) is 1. The first-order valence-electron chi connectivity index (χ1n) is 11.3. The zero-order valence-electron chi connectivity index (χ0n) is 19.5. The average Bonchev–Trinajstić information content (AvgIpc) is 3.14. The molecule has 2 amide bonds. The molecule has 184 valence electrons. The second-order valence-corrected chi connectivity index (χ2v) is 9.81. The number of hydrogen-bond donors (Lipinski definition) is 2. The van der Waals surface area contributed by atoms with Crippen LogP contribution in [-0.4, -0.2) is 57.9 Å². The second-order valence-electron chi connectivity index (χ2n) is 7.87. The van der Waals surface area contributed by atoms with E-state index >= 15 is 0 Å². The third-order valence-electron chi connectivity index (χ3n) is 5.48. The summed E-state index contributed by atoms with van der Waals surface area (Å²) in [5.41, 5.74) is 0.609. The maximum absolute atomic E-state index is 13.1. The van der Waals surface area contributed by atoms with E-state index < -0.39 is 21.8 Å². The zero-order chi connectivity index (χ0) is 24.6. The lowest BCUT2D eigenvalue weighted by Crippen LogP contribution is -2.34. The number of methoxy groups -OCH3 is 1. The van der Waals surface area contributed by atoms with Crippen molar-refractivity contribution in [3.8, 4) is 11.5 Å². The number of amides is 2. The van der Waals surface area contributed by atoms with Crippen molar-refractivity contribution in [2.75, 3.05) is 38.7 Å². The minimum Gasteiger partial charge on any atom is -0.496 e. The Morgan fingerprint density at radius 3 is 2.29 bits per heavy atom. The van der Waals surface area contributed by atoms with Crippen molar-refractivity contribution in [2.24, 2.45) is 0 Å². The van der Waals surface area contributed by atoms with Crippen LogP contribution in [-0.2, 0) is 14.8 Å². The summed E-state index contributed by atoms with van der Waals surface area (Å²) in [7, 11) is -2.34. The third-order valence-corrected chi connectivity index (χ3v) is 7.37. The largest absolute Gasteiger partial charge is 0.496 e. The summed E-state index contributed by atoms with van der Waals surface area (Å²) in [6.45, 7) is 3.05. The highest BCUT2D eigenvalue weighted by Crippen LogP contribution is 2.26. The molecule has 1 fully saturated rings. The smallest absolute Gasteiger partial charge is 0.255 e. The molecule has 2 N–H and O–H groups in total. The van der Waals surface area contributed by atoms with Gasteiger partial charge in [-0.25, -0.2) is 8.42 Å². The lowest BCUT2D eigenvalue weighted by molar-refractivity contribution is -0.115. The fraction of sp³-hybridized carbons (Fsp3) is 0.417. The number of benzene rings is 2. The second kappa shape index (κ2) is 11.8. The fourth-order valence-corrected chi connectivity index (χ4v) is 5.26. The summed E-state index contributed by atoms with van der Waals surface area (Å²) < 4.78 is 38.3. The van der Waals surface area contributed by atoms with E-state index in [1.807, 2.05) is 6.92 Å². The normalized spacial score (nSPS) is 14.6. The van der Waals surface area contributed by atoms with Gasteiger partial charge >= 0.3 is 0 Å². The summed E-state index contributed by atoms with van der Waals surface area (Å²) in [5, 5.41) is 5.22. The number of rotatable bonds is 9. The monoisotopic (exact) mass is 489 g/mol. The first-order valence-corrected chi connectivity index (χ1v) is 12.8. The van der Waals surface area contributed by atoms with Gasteiger partial charge in [-0.1, -0.05) is 12.8 Å². The first-order chi connectivity index (χ1) is 16.3. The van der Waals surface area contributed by atoms with E-state index in [-0.39, 0.29) is 22.8 Å². The van der Waals surface area contributed by atoms with Gasteiger partial charge in [0.2, 0.25) is 15.9 Å². The van der Waals surface area contributed by atoms with Crippen LogP contribution in [0.15, 0.2) is 47.4 Å². The first kappa shape index (κ1) is 25.5. The molecule has 0 radical (unpaired) electrons. The number of nitrogens with one attached hydrogen (secondary N) is 2. The molecule has 0 atom stereocenters. The predicted molar refractivity (Wildman–Crippen MR) is 129 cm³/mol. The quantitative estimate of drug-likeness (QED) is 0.560. The number of ether oxygens (including phenoxy) is 2. The molecule has 1 saturated heterocycles. The van der Waals surface area contributed by atoms with Gasteiger partial charge in [-0.3, -0.25) is 9.59 Å². The van der Waals surface area contributed by atoms with E-state index in [0.717, 1.165) is 25.7 Å². The molecule has 0 spiro atoms. The van der Waals surface area contributed by atoms with E-state index in [1.54, 1.807) is 24.3 Å². The van der Waals surface area contributed by atoms with E-state index in [1.165, 1.54) is 29.6 Å². The van der Waals surface area contributed by atoms with Gasteiger partial charge in [-0.2, -0.15) is 4.31 Å². The van der Waals surface area contributed by atoms with Gasteiger partial charge in [0.05, 0.1) is 30.7 Å². The molecule has 0 saturated carbocycles. The van der Waals surface area contributed by atoms with Crippen LogP contribution < -0.4 is 20.1 Å². The Kier molecular flexibility index (Phi) is 8.89. The highest BCUT2D eigenvalue weighted by molar-refractivity contribution is 7.89. The summed E-state index contributed by atoms with van der Waals surface area (Å²) in [6, 6.07) is 11.1. The van der Waals surface area contributed by atoms with Gasteiger partial charge in [0.1, 0.15) is 11.5 Å². The van der Waals surface area contributed by atoms with Crippen molar-refractivity contribution >= 4 is 27.5 Å². The molecule has 1 aliphatic heterocycles.